The Morgan fingerprint density at radius 2 is 2.42 bits per heavy atom. The standard InChI is InChI=1S/C14H15BrN2O2/c1-17-8-9(15)7-12(17)14(18)16-11-3-2-4-13-10(11)5-6-19-13/h5-8,11H,2-4H2,1H3,(H,16,18). The van der Waals surface area contributed by atoms with Gasteiger partial charge in [0.05, 0.1) is 12.3 Å². The summed E-state index contributed by atoms with van der Waals surface area (Å²) in [6.45, 7) is 0. The van der Waals surface area contributed by atoms with E-state index in [4.69, 9.17) is 4.42 Å². The van der Waals surface area contributed by atoms with Gasteiger partial charge in [-0.3, -0.25) is 4.79 Å². The number of furan rings is 1. The van der Waals surface area contributed by atoms with E-state index in [2.05, 4.69) is 21.2 Å². The van der Waals surface area contributed by atoms with Gasteiger partial charge in [0.2, 0.25) is 0 Å². The lowest BCUT2D eigenvalue weighted by molar-refractivity contribution is 0.0924. The molecular formula is C14H15BrN2O2. The molecule has 0 fully saturated rings. The van der Waals surface area contributed by atoms with Crippen LogP contribution in [0, 0.1) is 0 Å². The van der Waals surface area contributed by atoms with Crippen LogP contribution in [0.15, 0.2) is 33.5 Å². The second-order valence-electron chi connectivity index (χ2n) is 4.87. The monoisotopic (exact) mass is 322 g/mol. The Hall–Kier alpha value is -1.49. The van der Waals surface area contributed by atoms with E-state index in [1.807, 2.05) is 29.9 Å². The van der Waals surface area contributed by atoms with Crippen molar-refractivity contribution in [3.8, 4) is 0 Å². The van der Waals surface area contributed by atoms with E-state index in [1.54, 1.807) is 6.26 Å². The molecule has 0 spiro atoms. The van der Waals surface area contributed by atoms with Gasteiger partial charge in [-0.25, -0.2) is 0 Å². The second kappa shape index (κ2) is 4.89. The molecule has 0 saturated carbocycles. The molecule has 0 saturated heterocycles. The summed E-state index contributed by atoms with van der Waals surface area (Å²) < 4.78 is 8.17. The van der Waals surface area contributed by atoms with Crippen LogP contribution in [0.3, 0.4) is 0 Å². The van der Waals surface area contributed by atoms with Crippen molar-refractivity contribution in [2.75, 3.05) is 0 Å². The zero-order chi connectivity index (χ0) is 13.4. The maximum Gasteiger partial charge on any atom is 0.268 e. The largest absolute Gasteiger partial charge is 0.469 e. The van der Waals surface area contributed by atoms with E-state index < -0.39 is 0 Å². The van der Waals surface area contributed by atoms with Crippen molar-refractivity contribution >= 4 is 21.8 Å². The van der Waals surface area contributed by atoms with Crippen LogP contribution in [0.4, 0.5) is 0 Å². The molecule has 2 aromatic heterocycles. The molecule has 1 N–H and O–H groups in total. The molecule has 4 nitrogen and oxygen atoms in total. The molecule has 2 aromatic rings. The van der Waals surface area contributed by atoms with Crippen LogP contribution in [0.1, 0.15) is 40.7 Å². The zero-order valence-electron chi connectivity index (χ0n) is 10.6. The topological polar surface area (TPSA) is 47.2 Å². The van der Waals surface area contributed by atoms with Crippen LogP contribution >= 0.6 is 15.9 Å². The summed E-state index contributed by atoms with van der Waals surface area (Å²) in [6.07, 6.45) is 6.55. The Morgan fingerprint density at radius 3 is 3.16 bits per heavy atom. The van der Waals surface area contributed by atoms with Gasteiger partial charge in [-0.2, -0.15) is 0 Å². The zero-order valence-corrected chi connectivity index (χ0v) is 12.2. The Kier molecular flexibility index (Phi) is 3.22. The number of nitrogens with zero attached hydrogens (tertiary/aromatic N) is 1. The molecule has 1 aliphatic carbocycles. The molecule has 100 valence electrons. The number of rotatable bonds is 2. The average Bonchev–Trinajstić information content (AvgIpc) is 2.96. The molecule has 1 aliphatic rings. The number of amides is 1. The van der Waals surface area contributed by atoms with Crippen molar-refractivity contribution in [2.45, 2.75) is 25.3 Å². The molecule has 0 bridgehead atoms. The van der Waals surface area contributed by atoms with Gasteiger partial charge in [-0.1, -0.05) is 0 Å². The van der Waals surface area contributed by atoms with Crippen LogP contribution in [0.25, 0.3) is 0 Å². The minimum Gasteiger partial charge on any atom is -0.469 e. The summed E-state index contributed by atoms with van der Waals surface area (Å²) >= 11 is 3.38. The molecule has 1 unspecified atom stereocenters. The molecule has 19 heavy (non-hydrogen) atoms. The van der Waals surface area contributed by atoms with Crippen molar-refractivity contribution in [1.29, 1.82) is 0 Å². The van der Waals surface area contributed by atoms with Crippen molar-refractivity contribution < 1.29 is 9.21 Å². The highest BCUT2D eigenvalue weighted by molar-refractivity contribution is 9.10. The van der Waals surface area contributed by atoms with Gasteiger partial charge in [0.25, 0.3) is 5.91 Å². The second-order valence-corrected chi connectivity index (χ2v) is 5.79. The van der Waals surface area contributed by atoms with E-state index in [1.165, 1.54) is 0 Å². The smallest absolute Gasteiger partial charge is 0.268 e. The minimum atomic E-state index is -0.0488. The van der Waals surface area contributed by atoms with E-state index in [-0.39, 0.29) is 11.9 Å². The van der Waals surface area contributed by atoms with Gasteiger partial charge in [-0.15, -0.1) is 0 Å². The lowest BCUT2D eigenvalue weighted by Crippen LogP contribution is -2.31. The molecule has 2 heterocycles. The molecule has 0 aromatic carbocycles. The summed E-state index contributed by atoms with van der Waals surface area (Å²) in [7, 11) is 1.86. The Labute approximate surface area is 119 Å². The highest BCUT2D eigenvalue weighted by Gasteiger charge is 2.25. The highest BCUT2D eigenvalue weighted by Crippen LogP contribution is 2.30. The van der Waals surface area contributed by atoms with E-state index >= 15 is 0 Å². The average molecular weight is 323 g/mol. The fourth-order valence-electron chi connectivity index (χ4n) is 2.62. The first kappa shape index (κ1) is 12.5. The lowest BCUT2D eigenvalue weighted by atomic mass is 9.93. The third-order valence-corrected chi connectivity index (χ3v) is 4.00. The fourth-order valence-corrected chi connectivity index (χ4v) is 3.14. The van der Waals surface area contributed by atoms with E-state index in [9.17, 15) is 4.79 Å². The maximum absolute atomic E-state index is 12.3. The number of aryl methyl sites for hydroxylation is 2. The van der Waals surface area contributed by atoms with Gasteiger partial charge in [0, 0.05) is 29.7 Å². The third kappa shape index (κ3) is 2.34. The van der Waals surface area contributed by atoms with Gasteiger partial charge >= 0.3 is 0 Å². The van der Waals surface area contributed by atoms with Crippen LogP contribution in [-0.4, -0.2) is 10.5 Å². The first-order valence-corrected chi connectivity index (χ1v) is 7.13. The Bertz CT molecular complexity index is 615. The van der Waals surface area contributed by atoms with Crippen LogP contribution in [0.2, 0.25) is 0 Å². The first-order valence-electron chi connectivity index (χ1n) is 6.34. The fraction of sp³-hybridized carbons (Fsp3) is 0.357. The van der Waals surface area contributed by atoms with Crippen LogP contribution < -0.4 is 5.32 Å². The Morgan fingerprint density at radius 1 is 1.58 bits per heavy atom. The molecule has 0 aliphatic heterocycles. The lowest BCUT2D eigenvalue weighted by Gasteiger charge is -2.22. The number of aromatic nitrogens is 1. The number of carbonyl (C=O) groups excluding carboxylic acids is 1. The normalized spacial score (nSPS) is 18.1. The van der Waals surface area contributed by atoms with E-state index in [0.29, 0.717) is 5.69 Å². The van der Waals surface area contributed by atoms with Crippen molar-refractivity contribution in [3.63, 3.8) is 0 Å². The molecule has 1 atom stereocenters. The van der Waals surface area contributed by atoms with E-state index in [0.717, 1.165) is 35.1 Å². The van der Waals surface area contributed by atoms with Crippen LogP contribution in [0.5, 0.6) is 0 Å². The SMILES string of the molecule is Cn1cc(Br)cc1C(=O)NC1CCCc2occc21. The quantitative estimate of drug-likeness (QED) is 0.923. The molecule has 0 radical (unpaired) electrons. The maximum atomic E-state index is 12.3. The van der Waals surface area contributed by atoms with Gasteiger partial charge in [-0.05, 0) is 40.9 Å². The third-order valence-electron chi connectivity index (χ3n) is 3.56. The van der Waals surface area contributed by atoms with Gasteiger partial charge < -0.3 is 14.3 Å². The van der Waals surface area contributed by atoms with Crippen molar-refractivity contribution in [3.05, 3.63) is 46.1 Å². The van der Waals surface area contributed by atoms with Crippen molar-refractivity contribution in [1.82, 2.24) is 9.88 Å². The summed E-state index contributed by atoms with van der Waals surface area (Å²) in [6, 6.07) is 3.85. The Balaban J connectivity index is 1.80. The molecule has 3 rings (SSSR count). The molecular weight excluding hydrogens is 308 g/mol. The first-order chi connectivity index (χ1) is 9.15. The minimum absolute atomic E-state index is 0.0488. The number of carbonyl (C=O) groups is 1. The number of fused-ring (bicyclic) bond motifs is 1. The van der Waals surface area contributed by atoms with Crippen LogP contribution in [-0.2, 0) is 13.5 Å². The predicted molar refractivity (Wildman–Crippen MR) is 75.0 cm³/mol. The number of hydrogen-bond donors (Lipinski definition) is 1. The number of hydrogen-bond acceptors (Lipinski definition) is 2. The summed E-state index contributed by atoms with van der Waals surface area (Å²) in [5, 5.41) is 3.09. The predicted octanol–water partition coefficient (Wildman–Crippen LogP) is 3.19. The van der Waals surface area contributed by atoms with Crippen molar-refractivity contribution in [2.24, 2.45) is 7.05 Å². The van der Waals surface area contributed by atoms with Gasteiger partial charge in [0.15, 0.2) is 0 Å². The highest BCUT2D eigenvalue weighted by atomic mass is 79.9. The summed E-state index contributed by atoms with van der Waals surface area (Å²) in [5.41, 5.74) is 1.77. The summed E-state index contributed by atoms with van der Waals surface area (Å²) in [5.74, 6) is 0.955. The summed E-state index contributed by atoms with van der Waals surface area (Å²) in [4.78, 5) is 12.3. The number of halogens is 1. The number of nitrogens with one attached hydrogen (secondary N) is 1. The van der Waals surface area contributed by atoms with Gasteiger partial charge in [0.1, 0.15) is 11.5 Å². The molecule has 5 heteroatoms. The molecule has 1 amide bonds.